The minimum Gasteiger partial charge on any atom is -0.493 e. The van der Waals surface area contributed by atoms with E-state index in [1.54, 1.807) is 37.3 Å². The smallest absolute Gasteiger partial charge is 0.246 e. The number of fused-ring (bicyclic) bond motifs is 1. The number of rotatable bonds is 6. The number of nitrogens with zero attached hydrogens (tertiary/aromatic N) is 1. The van der Waals surface area contributed by atoms with Crippen LogP contribution in [-0.2, 0) is 16.0 Å². The molecule has 1 aliphatic heterocycles. The molecule has 1 aliphatic rings. The number of carbonyl (C=O) groups excluding carboxylic acids is 2. The van der Waals surface area contributed by atoms with Gasteiger partial charge in [0, 0.05) is 18.3 Å². The van der Waals surface area contributed by atoms with Crippen molar-refractivity contribution in [2.24, 2.45) is 0 Å². The van der Waals surface area contributed by atoms with Gasteiger partial charge in [-0.3, -0.25) is 9.59 Å². The minimum absolute atomic E-state index is 0.0383. The van der Waals surface area contributed by atoms with Crippen molar-refractivity contribution in [3.8, 4) is 11.5 Å². The van der Waals surface area contributed by atoms with Crippen molar-refractivity contribution in [2.45, 2.75) is 12.8 Å². The van der Waals surface area contributed by atoms with Crippen LogP contribution in [0.5, 0.6) is 11.5 Å². The van der Waals surface area contributed by atoms with E-state index in [2.05, 4.69) is 5.32 Å². The average molecular weight is 380 g/mol. The van der Waals surface area contributed by atoms with E-state index >= 15 is 0 Å². The van der Waals surface area contributed by atoms with Crippen LogP contribution >= 0.6 is 0 Å². The highest BCUT2D eigenvalue weighted by atomic mass is 16.5. The van der Waals surface area contributed by atoms with Gasteiger partial charge >= 0.3 is 0 Å². The number of ether oxygens (including phenoxy) is 2. The number of hydrogen-bond acceptors (Lipinski definition) is 4. The first-order valence-electron chi connectivity index (χ1n) is 9.18. The van der Waals surface area contributed by atoms with E-state index in [0.717, 1.165) is 24.1 Å². The number of hydrogen-bond donors (Lipinski definition) is 1. The first-order chi connectivity index (χ1) is 13.6. The van der Waals surface area contributed by atoms with Gasteiger partial charge in [0.05, 0.1) is 20.8 Å². The first kappa shape index (κ1) is 19.5. The molecular weight excluding hydrogens is 356 g/mol. The van der Waals surface area contributed by atoms with E-state index in [1.165, 1.54) is 11.6 Å². The van der Waals surface area contributed by atoms with Crippen LogP contribution in [0.1, 0.15) is 17.5 Å². The monoisotopic (exact) mass is 380 g/mol. The molecule has 0 saturated heterocycles. The van der Waals surface area contributed by atoms with Crippen molar-refractivity contribution in [3.05, 3.63) is 59.7 Å². The Morgan fingerprint density at radius 2 is 1.89 bits per heavy atom. The Bertz CT molecular complexity index is 892. The second-order valence-corrected chi connectivity index (χ2v) is 6.44. The van der Waals surface area contributed by atoms with Crippen molar-refractivity contribution in [2.75, 3.05) is 32.2 Å². The molecule has 2 aromatic carbocycles. The summed E-state index contributed by atoms with van der Waals surface area (Å²) in [5.41, 5.74) is 2.90. The highest BCUT2D eigenvalue weighted by Crippen LogP contribution is 2.28. The lowest BCUT2D eigenvalue weighted by atomic mass is 10.0. The number of amides is 2. The molecule has 1 N–H and O–H groups in total. The van der Waals surface area contributed by atoms with Crippen molar-refractivity contribution in [1.29, 1.82) is 0 Å². The lowest BCUT2D eigenvalue weighted by Crippen LogP contribution is -2.42. The van der Waals surface area contributed by atoms with Crippen LogP contribution in [0.25, 0.3) is 6.08 Å². The SMILES string of the molecule is COc1ccc(/C=C/C(=O)NCC(=O)N2CCCc3ccccc32)cc1OC. The van der Waals surface area contributed by atoms with Gasteiger partial charge in [-0.05, 0) is 48.2 Å². The standard InChI is InChI=1S/C22H24N2O4/c1-27-19-11-9-16(14-20(19)28-2)10-12-21(25)23-15-22(26)24-13-5-7-17-6-3-4-8-18(17)24/h3-4,6,8-12,14H,5,7,13,15H2,1-2H3,(H,23,25)/b12-10+. The zero-order valence-corrected chi connectivity index (χ0v) is 16.1. The van der Waals surface area contributed by atoms with Crippen molar-refractivity contribution in [1.82, 2.24) is 5.32 Å². The molecule has 6 nitrogen and oxygen atoms in total. The van der Waals surface area contributed by atoms with Crippen molar-refractivity contribution < 1.29 is 19.1 Å². The summed E-state index contributed by atoms with van der Waals surface area (Å²) >= 11 is 0. The normalized spacial score (nSPS) is 13.1. The Morgan fingerprint density at radius 3 is 2.68 bits per heavy atom. The largest absolute Gasteiger partial charge is 0.493 e. The van der Waals surface area contributed by atoms with Crippen LogP contribution in [0.3, 0.4) is 0 Å². The summed E-state index contributed by atoms with van der Waals surface area (Å²) in [6.07, 6.45) is 4.97. The second-order valence-electron chi connectivity index (χ2n) is 6.44. The molecule has 0 radical (unpaired) electrons. The number of para-hydroxylation sites is 1. The lowest BCUT2D eigenvalue weighted by Gasteiger charge is -2.29. The van der Waals surface area contributed by atoms with Gasteiger partial charge in [-0.15, -0.1) is 0 Å². The molecule has 0 aromatic heterocycles. The molecule has 28 heavy (non-hydrogen) atoms. The van der Waals surface area contributed by atoms with Gasteiger partial charge in [-0.25, -0.2) is 0 Å². The van der Waals surface area contributed by atoms with Crippen LogP contribution < -0.4 is 19.7 Å². The molecule has 0 bridgehead atoms. The van der Waals surface area contributed by atoms with Gasteiger partial charge in [0.1, 0.15) is 0 Å². The Labute approximate surface area is 164 Å². The maximum absolute atomic E-state index is 12.6. The predicted molar refractivity (Wildman–Crippen MR) is 109 cm³/mol. The van der Waals surface area contributed by atoms with E-state index in [4.69, 9.17) is 9.47 Å². The quantitative estimate of drug-likeness (QED) is 0.783. The Hall–Kier alpha value is -3.28. The fraction of sp³-hybridized carbons (Fsp3) is 0.273. The zero-order chi connectivity index (χ0) is 19.9. The molecule has 0 aliphatic carbocycles. The van der Waals surface area contributed by atoms with Crippen molar-refractivity contribution >= 4 is 23.6 Å². The number of benzene rings is 2. The zero-order valence-electron chi connectivity index (χ0n) is 16.1. The Morgan fingerprint density at radius 1 is 1.11 bits per heavy atom. The number of carbonyl (C=O) groups is 2. The molecular formula is C22H24N2O4. The summed E-state index contributed by atoms with van der Waals surface area (Å²) in [6, 6.07) is 13.3. The van der Waals surface area contributed by atoms with Gasteiger partial charge in [-0.2, -0.15) is 0 Å². The molecule has 0 atom stereocenters. The third-order valence-electron chi connectivity index (χ3n) is 4.66. The molecule has 1 heterocycles. The first-order valence-corrected chi connectivity index (χ1v) is 9.18. The maximum atomic E-state index is 12.6. The number of anilines is 1. The predicted octanol–water partition coefficient (Wildman–Crippen LogP) is 2.81. The number of nitrogens with one attached hydrogen (secondary N) is 1. The molecule has 0 unspecified atom stereocenters. The third-order valence-corrected chi connectivity index (χ3v) is 4.66. The summed E-state index contributed by atoms with van der Waals surface area (Å²) < 4.78 is 10.4. The minimum atomic E-state index is -0.326. The van der Waals surface area contributed by atoms with Gasteiger partial charge in [0.25, 0.3) is 0 Å². The van der Waals surface area contributed by atoms with Crippen LogP contribution in [0.4, 0.5) is 5.69 Å². The van der Waals surface area contributed by atoms with Gasteiger partial charge < -0.3 is 19.7 Å². The number of methoxy groups -OCH3 is 2. The topological polar surface area (TPSA) is 67.9 Å². The molecule has 0 saturated carbocycles. The molecule has 0 fully saturated rings. The van der Waals surface area contributed by atoms with Crippen LogP contribution in [0.15, 0.2) is 48.5 Å². The summed E-state index contributed by atoms with van der Waals surface area (Å²) in [7, 11) is 3.13. The highest BCUT2D eigenvalue weighted by Gasteiger charge is 2.21. The molecule has 146 valence electrons. The van der Waals surface area contributed by atoms with E-state index in [1.807, 2.05) is 30.3 Å². The van der Waals surface area contributed by atoms with Crippen molar-refractivity contribution in [3.63, 3.8) is 0 Å². The third kappa shape index (κ3) is 4.52. The van der Waals surface area contributed by atoms with E-state index in [9.17, 15) is 9.59 Å². The van der Waals surface area contributed by atoms with E-state index < -0.39 is 0 Å². The Kier molecular flexibility index (Phi) is 6.32. The summed E-state index contributed by atoms with van der Waals surface area (Å²) in [4.78, 5) is 26.4. The van der Waals surface area contributed by atoms with Crippen LogP contribution in [-0.4, -0.2) is 39.1 Å². The van der Waals surface area contributed by atoms with E-state index in [-0.39, 0.29) is 18.4 Å². The summed E-state index contributed by atoms with van der Waals surface area (Å²) in [6.45, 7) is 0.636. The molecule has 3 rings (SSSR count). The van der Waals surface area contributed by atoms with Gasteiger partial charge in [0.2, 0.25) is 11.8 Å². The summed E-state index contributed by atoms with van der Waals surface area (Å²) in [5, 5.41) is 2.66. The molecule has 0 spiro atoms. The second kappa shape index (κ2) is 9.08. The molecule has 2 aromatic rings. The van der Waals surface area contributed by atoms with Crippen LogP contribution in [0, 0.1) is 0 Å². The van der Waals surface area contributed by atoms with Gasteiger partial charge in [0.15, 0.2) is 11.5 Å². The fourth-order valence-corrected chi connectivity index (χ4v) is 3.24. The molecule has 6 heteroatoms. The maximum Gasteiger partial charge on any atom is 0.246 e. The molecule has 2 amide bonds. The highest BCUT2D eigenvalue weighted by molar-refractivity contribution is 6.00. The van der Waals surface area contributed by atoms with Gasteiger partial charge in [-0.1, -0.05) is 24.3 Å². The fourth-order valence-electron chi connectivity index (χ4n) is 3.24. The average Bonchev–Trinajstić information content (AvgIpc) is 2.75. The van der Waals surface area contributed by atoms with E-state index in [0.29, 0.717) is 18.0 Å². The summed E-state index contributed by atoms with van der Waals surface area (Å²) in [5.74, 6) is 0.772. The lowest BCUT2D eigenvalue weighted by molar-refractivity contribution is -0.122. The van der Waals surface area contributed by atoms with Crippen LogP contribution in [0.2, 0.25) is 0 Å². The number of aryl methyl sites for hydroxylation is 1. The Balaban J connectivity index is 1.57.